The van der Waals surface area contributed by atoms with Crippen molar-refractivity contribution in [1.29, 1.82) is 0 Å². The van der Waals surface area contributed by atoms with E-state index in [4.69, 9.17) is 6.42 Å². The van der Waals surface area contributed by atoms with Gasteiger partial charge in [-0.3, -0.25) is 4.79 Å². The number of hydrogen-bond acceptors (Lipinski definition) is 3. The van der Waals surface area contributed by atoms with Crippen molar-refractivity contribution in [2.75, 3.05) is 13.1 Å². The Morgan fingerprint density at radius 2 is 1.88 bits per heavy atom. The minimum atomic E-state index is -0.0850. The third kappa shape index (κ3) is 2.99. The van der Waals surface area contributed by atoms with Crippen molar-refractivity contribution in [3.05, 3.63) is 54.0 Å². The maximum Gasteiger partial charge on any atom is 0.275 e. The highest BCUT2D eigenvalue weighted by Gasteiger charge is 2.25. The zero-order chi connectivity index (χ0) is 17.2. The van der Waals surface area contributed by atoms with Gasteiger partial charge in [-0.2, -0.15) is 5.10 Å². The fourth-order valence-electron chi connectivity index (χ4n) is 3.09. The lowest BCUT2D eigenvalue weighted by Crippen LogP contribution is -2.36. The molecule has 25 heavy (non-hydrogen) atoms. The number of likely N-dealkylation sites (tertiary alicyclic amines) is 1. The smallest absolute Gasteiger partial charge is 0.275 e. The highest BCUT2D eigenvalue weighted by Crippen LogP contribution is 2.32. The average Bonchev–Trinajstić information content (AvgIpc) is 3.10. The van der Waals surface area contributed by atoms with E-state index in [9.17, 15) is 4.79 Å². The second-order valence-corrected chi connectivity index (χ2v) is 6.19. The van der Waals surface area contributed by atoms with Gasteiger partial charge in [-0.25, -0.2) is 9.50 Å². The van der Waals surface area contributed by atoms with Gasteiger partial charge in [-0.15, -0.1) is 6.42 Å². The van der Waals surface area contributed by atoms with Crippen LogP contribution in [-0.2, 0) is 0 Å². The Labute approximate surface area is 146 Å². The topological polar surface area (TPSA) is 50.5 Å². The van der Waals surface area contributed by atoms with Crippen LogP contribution >= 0.6 is 0 Å². The second-order valence-electron chi connectivity index (χ2n) is 6.19. The molecular formula is C20H18N4O. The van der Waals surface area contributed by atoms with Gasteiger partial charge in [0.2, 0.25) is 0 Å². The number of aromatic nitrogens is 3. The maximum atomic E-state index is 12.5. The summed E-state index contributed by atoms with van der Waals surface area (Å²) in [6.07, 6.45) is 12.2. The Morgan fingerprint density at radius 1 is 1.12 bits per heavy atom. The SMILES string of the molecule is C#Cc1c(C(=O)N2CCCCC2)nn2cccnc12.c1cc2cc-2c1. The first-order chi connectivity index (χ1) is 12.3. The molecule has 5 rings (SSSR count). The van der Waals surface area contributed by atoms with Crippen LogP contribution in [0.4, 0.5) is 0 Å². The summed E-state index contributed by atoms with van der Waals surface area (Å²) in [4.78, 5) is 18.5. The minimum absolute atomic E-state index is 0.0850. The predicted molar refractivity (Wildman–Crippen MR) is 96.1 cm³/mol. The molecule has 0 bridgehead atoms. The predicted octanol–water partition coefficient (Wildman–Crippen LogP) is 3.00. The van der Waals surface area contributed by atoms with E-state index < -0.39 is 0 Å². The van der Waals surface area contributed by atoms with E-state index in [1.807, 2.05) is 4.90 Å². The number of benzene rings is 1. The van der Waals surface area contributed by atoms with Gasteiger partial charge in [-0.1, -0.05) is 24.1 Å². The largest absolute Gasteiger partial charge is 0.337 e. The number of carbonyl (C=O) groups excluding carboxylic acids is 1. The summed E-state index contributed by atoms with van der Waals surface area (Å²) in [7, 11) is 0. The van der Waals surface area contributed by atoms with Crippen LogP contribution in [0.3, 0.4) is 0 Å². The zero-order valence-electron chi connectivity index (χ0n) is 13.9. The van der Waals surface area contributed by atoms with E-state index in [1.165, 1.54) is 17.5 Å². The number of carbonyl (C=O) groups is 1. The highest BCUT2D eigenvalue weighted by molar-refractivity contribution is 5.96. The summed E-state index contributed by atoms with van der Waals surface area (Å²) in [5, 5.41) is 4.28. The molecule has 124 valence electrons. The highest BCUT2D eigenvalue weighted by atomic mass is 16.2. The normalized spacial score (nSPS) is 14.4. The molecule has 0 atom stereocenters. The molecule has 3 aliphatic rings. The summed E-state index contributed by atoms with van der Waals surface area (Å²) < 4.78 is 1.56. The number of hydrogen-bond donors (Lipinski definition) is 0. The monoisotopic (exact) mass is 330 g/mol. The first-order valence-electron chi connectivity index (χ1n) is 8.47. The molecule has 2 aromatic rings. The lowest BCUT2D eigenvalue weighted by Gasteiger charge is -2.25. The van der Waals surface area contributed by atoms with Gasteiger partial charge in [0, 0.05) is 25.5 Å². The van der Waals surface area contributed by atoms with E-state index in [0.29, 0.717) is 16.9 Å². The average molecular weight is 330 g/mol. The number of rotatable bonds is 1. The summed E-state index contributed by atoms with van der Waals surface area (Å²) in [6.45, 7) is 1.56. The van der Waals surface area contributed by atoms with Crippen molar-refractivity contribution in [3.8, 4) is 23.5 Å². The molecule has 1 fully saturated rings. The second kappa shape index (κ2) is 6.40. The van der Waals surface area contributed by atoms with Gasteiger partial charge in [0.15, 0.2) is 11.3 Å². The molecule has 1 amide bonds. The zero-order valence-corrected chi connectivity index (χ0v) is 13.9. The quantitative estimate of drug-likeness (QED) is 0.504. The molecule has 1 saturated heterocycles. The van der Waals surface area contributed by atoms with Crippen LogP contribution in [-0.4, -0.2) is 38.5 Å². The third-order valence-corrected chi connectivity index (χ3v) is 4.50. The number of nitrogens with zero attached hydrogens (tertiary/aromatic N) is 4. The van der Waals surface area contributed by atoms with Crippen LogP contribution in [0.15, 0.2) is 42.7 Å². The first-order valence-corrected chi connectivity index (χ1v) is 8.47. The van der Waals surface area contributed by atoms with Crippen molar-refractivity contribution < 1.29 is 4.79 Å². The summed E-state index contributed by atoms with van der Waals surface area (Å²) >= 11 is 0. The summed E-state index contributed by atoms with van der Waals surface area (Å²) in [5.74, 6) is 2.46. The number of amides is 1. The lowest BCUT2D eigenvalue weighted by molar-refractivity contribution is 0.0717. The van der Waals surface area contributed by atoms with Crippen LogP contribution in [0, 0.1) is 12.3 Å². The van der Waals surface area contributed by atoms with E-state index in [1.54, 1.807) is 23.0 Å². The molecule has 0 radical (unpaired) electrons. The molecule has 5 nitrogen and oxygen atoms in total. The third-order valence-electron chi connectivity index (χ3n) is 4.50. The van der Waals surface area contributed by atoms with E-state index in [0.717, 1.165) is 25.9 Å². The molecule has 0 unspecified atom stereocenters. The minimum Gasteiger partial charge on any atom is -0.337 e. The van der Waals surface area contributed by atoms with E-state index in [2.05, 4.69) is 40.3 Å². The molecule has 3 heterocycles. The summed E-state index contributed by atoms with van der Waals surface area (Å²) in [5.41, 5.74) is 4.23. The Balaban J connectivity index is 0.000000217. The standard InChI is InChI=1S/C14H14N4O.C6H4/c1-2-11-12(14(19)17-8-4-3-5-9-17)16-18-10-6-7-15-13(11)18;1-2-5-4-6(5)3-1/h1,6-7,10H,3-5,8-9H2;1-4H. The Morgan fingerprint density at radius 3 is 2.48 bits per heavy atom. The lowest BCUT2D eigenvalue weighted by atomic mass is 10.1. The summed E-state index contributed by atoms with van der Waals surface area (Å²) in [6, 6.07) is 10.2. The molecule has 2 aliphatic carbocycles. The van der Waals surface area contributed by atoms with E-state index >= 15 is 0 Å². The van der Waals surface area contributed by atoms with Gasteiger partial charge in [0.05, 0.1) is 0 Å². The van der Waals surface area contributed by atoms with Crippen molar-refractivity contribution in [2.45, 2.75) is 19.3 Å². The van der Waals surface area contributed by atoms with E-state index in [-0.39, 0.29) is 5.91 Å². The van der Waals surface area contributed by atoms with Gasteiger partial charge in [0.1, 0.15) is 5.56 Å². The van der Waals surface area contributed by atoms with Gasteiger partial charge in [-0.05, 0) is 42.5 Å². The van der Waals surface area contributed by atoms with Crippen molar-refractivity contribution in [3.63, 3.8) is 0 Å². The molecule has 0 spiro atoms. The molecule has 0 N–H and O–H groups in total. The van der Waals surface area contributed by atoms with Crippen LogP contribution in [0.1, 0.15) is 35.3 Å². The number of fused-ring (bicyclic) bond motifs is 2. The fourth-order valence-corrected chi connectivity index (χ4v) is 3.09. The molecule has 0 aromatic carbocycles. The van der Waals surface area contributed by atoms with Crippen LogP contribution < -0.4 is 0 Å². The number of terminal acetylenes is 1. The molecule has 2 aromatic heterocycles. The van der Waals surface area contributed by atoms with Crippen molar-refractivity contribution in [1.82, 2.24) is 19.5 Å². The number of piperidine rings is 1. The fraction of sp³-hybridized carbons (Fsp3) is 0.250. The Hall–Kier alpha value is -3.13. The van der Waals surface area contributed by atoms with Crippen molar-refractivity contribution in [2.24, 2.45) is 0 Å². The van der Waals surface area contributed by atoms with Gasteiger partial charge in [0.25, 0.3) is 5.91 Å². The molecule has 1 aliphatic heterocycles. The molecule has 0 saturated carbocycles. The Kier molecular flexibility index (Phi) is 3.95. The maximum absolute atomic E-state index is 12.5. The van der Waals surface area contributed by atoms with Crippen LogP contribution in [0.2, 0.25) is 0 Å². The van der Waals surface area contributed by atoms with Gasteiger partial charge < -0.3 is 4.90 Å². The first kappa shape index (κ1) is 15.4. The van der Waals surface area contributed by atoms with Crippen molar-refractivity contribution >= 4 is 11.6 Å². The van der Waals surface area contributed by atoms with Crippen LogP contribution in [0.5, 0.6) is 0 Å². The molecular weight excluding hydrogens is 312 g/mol. The Bertz CT molecular complexity index is 960. The van der Waals surface area contributed by atoms with Gasteiger partial charge >= 0.3 is 0 Å². The molecule has 5 heteroatoms. The van der Waals surface area contributed by atoms with Crippen LogP contribution in [0.25, 0.3) is 16.8 Å².